The third kappa shape index (κ3) is 2.94. The van der Waals surface area contributed by atoms with Crippen LogP contribution in [0.2, 0.25) is 0 Å². The first-order valence-electron chi connectivity index (χ1n) is 8.83. The molecule has 2 heterocycles. The zero-order chi connectivity index (χ0) is 15.9. The SMILES string of the molecule is NC(=O)NC1CC2(CC(CN3CCCC3c3cccnc3)C2)C1. The van der Waals surface area contributed by atoms with Crippen molar-refractivity contribution >= 4 is 6.03 Å². The molecule has 2 saturated carbocycles. The number of hydrogen-bond donors (Lipinski definition) is 2. The van der Waals surface area contributed by atoms with E-state index in [2.05, 4.69) is 21.3 Å². The van der Waals surface area contributed by atoms with Gasteiger partial charge in [0.15, 0.2) is 0 Å². The molecule has 1 aromatic rings. The van der Waals surface area contributed by atoms with Crippen molar-refractivity contribution < 1.29 is 4.79 Å². The molecule has 1 aromatic heterocycles. The first-order chi connectivity index (χ1) is 11.1. The Labute approximate surface area is 137 Å². The maximum absolute atomic E-state index is 10.9. The second-order valence-corrected chi connectivity index (χ2v) is 7.83. The van der Waals surface area contributed by atoms with E-state index in [4.69, 9.17) is 5.73 Å². The molecule has 2 amide bonds. The second kappa shape index (κ2) is 5.78. The first-order valence-corrected chi connectivity index (χ1v) is 8.83. The standard InChI is InChI=1S/C18H26N4O/c19-17(23)21-15-9-18(10-15)7-13(8-18)12-22-6-2-4-16(22)14-3-1-5-20-11-14/h1,3,5,11,13,15-16H,2,4,6-10,12H2,(H3,19,21,23). The van der Waals surface area contributed by atoms with Crippen LogP contribution >= 0.6 is 0 Å². The number of carbonyl (C=O) groups excluding carboxylic acids is 1. The van der Waals surface area contributed by atoms with Crippen molar-refractivity contribution in [1.82, 2.24) is 15.2 Å². The summed E-state index contributed by atoms with van der Waals surface area (Å²) in [4.78, 5) is 17.8. The average molecular weight is 314 g/mol. The minimum absolute atomic E-state index is 0.323. The lowest BCUT2D eigenvalue weighted by Gasteiger charge is -2.58. The van der Waals surface area contributed by atoms with E-state index in [0.29, 0.717) is 17.5 Å². The summed E-state index contributed by atoms with van der Waals surface area (Å²) in [5, 5.41) is 2.84. The summed E-state index contributed by atoms with van der Waals surface area (Å²) in [6.07, 6.45) is 11.3. The summed E-state index contributed by atoms with van der Waals surface area (Å²) in [5.74, 6) is 0.821. The van der Waals surface area contributed by atoms with Gasteiger partial charge in [-0.15, -0.1) is 0 Å². The normalized spacial score (nSPS) is 36.4. The average Bonchev–Trinajstić information content (AvgIpc) is 2.91. The Hall–Kier alpha value is -1.62. The van der Waals surface area contributed by atoms with Crippen LogP contribution in [0, 0.1) is 11.3 Å². The van der Waals surface area contributed by atoms with Crippen molar-refractivity contribution in [2.75, 3.05) is 13.1 Å². The molecule has 4 rings (SSSR count). The van der Waals surface area contributed by atoms with Crippen LogP contribution < -0.4 is 11.1 Å². The number of carbonyl (C=O) groups is 1. The number of amides is 2. The Morgan fingerprint density at radius 3 is 2.91 bits per heavy atom. The maximum Gasteiger partial charge on any atom is 0.312 e. The van der Waals surface area contributed by atoms with E-state index < -0.39 is 0 Å². The van der Waals surface area contributed by atoms with Crippen molar-refractivity contribution in [1.29, 1.82) is 0 Å². The lowest BCUT2D eigenvalue weighted by atomic mass is 9.50. The van der Waals surface area contributed by atoms with Gasteiger partial charge >= 0.3 is 6.03 Å². The van der Waals surface area contributed by atoms with Crippen LogP contribution in [-0.4, -0.2) is 35.0 Å². The van der Waals surface area contributed by atoms with E-state index >= 15 is 0 Å². The van der Waals surface area contributed by atoms with Crippen LogP contribution in [0.4, 0.5) is 4.79 Å². The molecule has 1 unspecified atom stereocenters. The third-order valence-electron chi connectivity index (χ3n) is 6.07. The zero-order valence-corrected chi connectivity index (χ0v) is 13.6. The third-order valence-corrected chi connectivity index (χ3v) is 6.07. The van der Waals surface area contributed by atoms with Gasteiger partial charge in [0, 0.05) is 31.0 Å². The molecule has 3 aliphatic rings. The monoisotopic (exact) mass is 314 g/mol. The van der Waals surface area contributed by atoms with Gasteiger partial charge in [0.2, 0.25) is 0 Å². The van der Waals surface area contributed by atoms with Gasteiger partial charge in [-0.2, -0.15) is 0 Å². The summed E-state index contributed by atoms with van der Waals surface area (Å²) in [7, 11) is 0. The highest BCUT2D eigenvalue weighted by molar-refractivity contribution is 5.72. The highest BCUT2D eigenvalue weighted by atomic mass is 16.2. The van der Waals surface area contributed by atoms with Crippen LogP contribution in [0.15, 0.2) is 24.5 Å². The summed E-state index contributed by atoms with van der Waals surface area (Å²) >= 11 is 0. The molecule has 124 valence electrons. The van der Waals surface area contributed by atoms with Crippen LogP contribution in [0.5, 0.6) is 0 Å². The fourth-order valence-corrected chi connectivity index (χ4v) is 5.24. The van der Waals surface area contributed by atoms with Crippen molar-refractivity contribution in [3.63, 3.8) is 0 Å². The Bertz CT molecular complexity index is 562. The second-order valence-electron chi connectivity index (χ2n) is 7.83. The van der Waals surface area contributed by atoms with Crippen LogP contribution in [-0.2, 0) is 0 Å². The van der Waals surface area contributed by atoms with Crippen LogP contribution in [0.3, 0.4) is 0 Å². The van der Waals surface area contributed by atoms with Gasteiger partial charge in [-0.3, -0.25) is 9.88 Å². The number of urea groups is 1. The highest BCUT2D eigenvalue weighted by Gasteiger charge is 2.53. The van der Waals surface area contributed by atoms with E-state index in [0.717, 1.165) is 18.8 Å². The van der Waals surface area contributed by atoms with E-state index in [-0.39, 0.29) is 6.03 Å². The van der Waals surface area contributed by atoms with Gasteiger partial charge in [-0.05, 0) is 68.0 Å². The van der Waals surface area contributed by atoms with Crippen LogP contribution in [0.25, 0.3) is 0 Å². The fourth-order valence-electron chi connectivity index (χ4n) is 5.24. The first kappa shape index (κ1) is 14.9. The topological polar surface area (TPSA) is 71.2 Å². The Morgan fingerprint density at radius 2 is 2.22 bits per heavy atom. The van der Waals surface area contributed by atoms with E-state index in [9.17, 15) is 4.79 Å². The molecule has 23 heavy (non-hydrogen) atoms. The summed E-state index contributed by atoms with van der Waals surface area (Å²) in [6.45, 7) is 2.43. The number of likely N-dealkylation sites (tertiary alicyclic amines) is 1. The quantitative estimate of drug-likeness (QED) is 0.896. The van der Waals surface area contributed by atoms with Gasteiger partial charge in [0.25, 0.3) is 0 Å². The molecular formula is C18H26N4O. The number of rotatable bonds is 4. The Balaban J connectivity index is 1.27. The molecule has 5 nitrogen and oxygen atoms in total. The Kier molecular flexibility index (Phi) is 3.76. The molecule has 1 aliphatic heterocycles. The number of nitrogens with one attached hydrogen (secondary N) is 1. The molecular weight excluding hydrogens is 288 g/mol. The number of hydrogen-bond acceptors (Lipinski definition) is 3. The molecule has 0 aromatic carbocycles. The molecule has 0 radical (unpaired) electrons. The largest absolute Gasteiger partial charge is 0.352 e. The Morgan fingerprint density at radius 1 is 1.39 bits per heavy atom. The van der Waals surface area contributed by atoms with Crippen molar-refractivity contribution in [3.8, 4) is 0 Å². The molecule has 3 N–H and O–H groups in total. The molecule has 1 saturated heterocycles. The van der Waals surface area contributed by atoms with E-state index in [1.165, 1.54) is 44.3 Å². The highest BCUT2D eigenvalue weighted by Crippen LogP contribution is 2.59. The smallest absolute Gasteiger partial charge is 0.312 e. The predicted octanol–water partition coefficient (Wildman–Crippen LogP) is 2.45. The molecule has 5 heteroatoms. The van der Waals surface area contributed by atoms with Gasteiger partial charge in [-0.1, -0.05) is 6.07 Å². The molecule has 2 aliphatic carbocycles. The zero-order valence-electron chi connectivity index (χ0n) is 13.6. The maximum atomic E-state index is 10.9. The van der Waals surface area contributed by atoms with E-state index in [1.807, 2.05) is 18.5 Å². The van der Waals surface area contributed by atoms with Crippen molar-refractivity contribution in [3.05, 3.63) is 30.1 Å². The fraction of sp³-hybridized carbons (Fsp3) is 0.667. The molecule has 0 bridgehead atoms. The van der Waals surface area contributed by atoms with Gasteiger partial charge in [0.05, 0.1) is 0 Å². The van der Waals surface area contributed by atoms with Gasteiger partial charge in [-0.25, -0.2) is 4.79 Å². The number of nitrogens with two attached hydrogens (primary N) is 1. The van der Waals surface area contributed by atoms with Gasteiger partial charge < -0.3 is 11.1 Å². The summed E-state index contributed by atoms with van der Waals surface area (Å²) in [6, 6.07) is 4.76. The number of aromatic nitrogens is 1. The lowest BCUT2D eigenvalue weighted by Crippen LogP contribution is -2.58. The summed E-state index contributed by atoms with van der Waals surface area (Å²) < 4.78 is 0. The summed E-state index contributed by atoms with van der Waals surface area (Å²) in [5.41, 5.74) is 7.08. The van der Waals surface area contributed by atoms with Crippen molar-refractivity contribution in [2.45, 2.75) is 50.6 Å². The molecule has 3 fully saturated rings. The minimum Gasteiger partial charge on any atom is -0.352 e. The minimum atomic E-state index is -0.378. The van der Waals surface area contributed by atoms with Gasteiger partial charge in [0.1, 0.15) is 0 Å². The van der Waals surface area contributed by atoms with E-state index in [1.54, 1.807) is 0 Å². The lowest BCUT2D eigenvalue weighted by molar-refractivity contribution is -0.0575. The number of primary amides is 1. The molecule has 1 atom stereocenters. The van der Waals surface area contributed by atoms with Crippen LogP contribution in [0.1, 0.15) is 50.1 Å². The number of pyridine rings is 1. The molecule has 1 spiro atoms. The predicted molar refractivity (Wildman–Crippen MR) is 88.7 cm³/mol. The number of nitrogens with zero attached hydrogens (tertiary/aromatic N) is 2. The van der Waals surface area contributed by atoms with Crippen molar-refractivity contribution in [2.24, 2.45) is 17.1 Å².